The second-order valence-corrected chi connectivity index (χ2v) is 11.5. The van der Waals surface area contributed by atoms with Gasteiger partial charge in [-0.05, 0) is 31.0 Å². The summed E-state index contributed by atoms with van der Waals surface area (Å²) in [6, 6.07) is 3.72. The van der Waals surface area contributed by atoms with Gasteiger partial charge in [-0.15, -0.1) is 17.8 Å². The first kappa shape index (κ1) is 22.1. The number of halogens is 3. The number of fused-ring (bicyclic) bond motifs is 1. The first-order valence-corrected chi connectivity index (χ1v) is 12.4. The molecule has 0 radical (unpaired) electrons. The topological polar surface area (TPSA) is 71.7 Å². The first-order chi connectivity index (χ1) is 14.7. The summed E-state index contributed by atoms with van der Waals surface area (Å²) < 4.78 is 56.9. The van der Waals surface area contributed by atoms with Gasteiger partial charge >= 0.3 is 0 Å². The van der Waals surface area contributed by atoms with E-state index < -0.39 is 33.6 Å². The third-order valence-corrected chi connectivity index (χ3v) is 9.38. The molecular formula is C19H14ClF2N3O3S3. The van der Waals surface area contributed by atoms with Crippen LogP contribution in [0.4, 0.5) is 8.78 Å². The van der Waals surface area contributed by atoms with Crippen molar-refractivity contribution in [2.45, 2.75) is 29.6 Å². The summed E-state index contributed by atoms with van der Waals surface area (Å²) in [6.07, 6.45) is 6.15. The molecule has 0 saturated carbocycles. The van der Waals surface area contributed by atoms with Gasteiger partial charge in [0.1, 0.15) is 16.1 Å². The molecule has 0 N–H and O–H groups in total. The predicted octanol–water partition coefficient (Wildman–Crippen LogP) is 3.61. The molecule has 1 aromatic carbocycles. The summed E-state index contributed by atoms with van der Waals surface area (Å²) in [6.45, 7) is 0.0788. The number of carbonyl (C=O) groups excluding carboxylic acids is 1. The van der Waals surface area contributed by atoms with Crippen LogP contribution >= 0.6 is 34.3 Å². The summed E-state index contributed by atoms with van der Waals surface area (Å²) in [5.41, 5.74) is 0.0417. The Morgan fingerprint density at radius 3 is 2.77 bits per heavy atom. The van der Waals surface area contributed by atoms with Crippen LogP contribution in [-0.4, -0.2) is 35.8 Å². The lowest BCUT2D eigenvalue weighted by Gasteiger charge is -2.20. The van der Waals surface area contributed by atoms with E-state index in [4.69, 9.17) is 18.0 Å². The Bertz CT molecular complexity index is 1400. The van der Waals surface area contributed by atoms with E-state index in [0.717, 1.165) is 39.1 Å². The van der Waals surface area contributed by atoms with Crippen molar-refractivity contribution >= 4 is 60.4 Å². The molecule has 3 aromatic rings. The number of thiazole rings is 1. The average molecular weight is 502 g/mol. The zero-order valence-electron chi connectivity index (χ0n) is 15.7. The highest BCUT2D eigenvalue weighted by molar-refractivity contribution is 7.91. The van der Waals surface area contributed by atoms with Crippen LogP contribution in [0.1, 0.15) is 12.8 Å². The van der Waals surface area contributed by atoms with E-state index in [1.54, 1.807) is 0 Å². The largest absolute Gasteiger partial charge is 0.302 e. The molecule has 1 atom stereocenters. The van der Waals surface area contributed by atoms with Crippen molar-refractivity contribution in [2.24, 2.45) is 4.99 Å². The van der Waals surface area contributed by atoms with Crippen LogP contribution < -0.4 is 4.80 Å². The molecule has 162 valence electrons. The van der Waals surface area contributed by atoms with Crippen LogP contribution in [0, 0.1) is 24.0 Å². The molecule has 1 aliphatic rings. The first-order valence-electron chi connectivity index (χ1n) is 9.00. The van der Waals surface area contributed by atoms with Crippen LogP contribution in [0.2, 0.25) is 4.34 Å². The summed E-state index contributed by atoms with van der Waals surface area (Å²) in [4.78, 5) is 17.1. The SMILES string of the molecule is C#CCn1c(=NC(=O)[C@H]2CCCN2S(=O)(=O)c2ccc(Cl)s2)sc2cc(F)cc(F)c21. The van der Waals surface area contributed by atoms with Crippen molar-refractivity contribution in [3.05, 3.63) is 45.0 Å². The highest BCUT2D eigenvalue weighted by atomic mass is 35.5. The average Bonchev–Trinajstić information content (AvgIpc) is 3.41. The molecule has 4 rings (SSSR count). The van der Waals surface area contributed by atoms with Crippen LogP contribution in [0.5, 0.6) is 0 Å². The minimum atomic E-state index is -3.92. The number of thiophene rings is 1. The Balaban J connectivity index is 1.76. The molecule has 1 amide bonds. The quantitative estimate of drug-likeness (QED) is 0.513. The van der Waals surface area contributed by atoms with Gasteiger partial charge in [0.05, 0.1) is 21.1 Å². The van der Waals surface area contributed by atoms with Gasteiger partial charge in [-0.3, -0.25) is 4.79 Å². The van der Waals surface area contributed by atoms with Crippen molar-refractivity contribution in [3.8, 4) is 12.3 Å². The maximum atomic E-state index is 14.3. The zero-order chi connectivity index (χ0) is 22.3. The normalized spacial score (nSPS) is 18.0. The van der Waals surface area contributed by atoms with Gasteiger partial charge in [-0.1, -0.05) is 28.9 Å². The molecule has 1 fully saturated rings. The number of hydrogen-bond acceptors (Lipinski definition) is 5. The number of aromatic nitrogens is 1. The van der Waals surface area contributed by atoms with Crippen molar-refractivity contribution in [3.63, 3.8) is 0 Å². The Morgan fingerprint density at radius 1 is 1.32 bits per heavy atom. The van der Waals surface area contributed by atoms with E-state index in [2.05, 4.69) is 10.9 Å². The molecule has 0 unspecified atom stereocenters. The Hall–Kier alpha value is -2.10. The van der Waals surface area contributed by atoms with E-state index >= 15 is 0 Å². The summed E-state index contributed by atoms with van der Waals surface area (Å²) in [5.74, 6) is 0.0837. The smallest absolute Gasteiger partial charge is 0.266 e. The van der Waals surface area contributed by atoms with Crippen molar-refractivity contribution in [1.29, 1.82) is 0 Å². The molecule has 1 saturated heterocycles. The van der Waals surface area contributed by atoms with Crippen molar-refractivity contribution < 1.29 is 22.0 Å². The standard InChI is InChI=1S/C19H14ClF2N3O3S3/c1-2-7-24-17-12(22)9-11(21)10-14(17)29-19(24)23-18(26)13-4-3-8-25(13)31(27,28)16-6-5-15(20)30-16/h1,5-6,9-10,13H,3-4,7-8H2/t13-/m1/s1. The lowest BCUT2D eigenvalue weighted by atomic mass is 10.2. The van der Waals surface area contributed by atoms with E-state index in [0.29, 0.717) is 17.2 Å². The fourth-order valence-electron chi connectivity index (χ4n) is 3.45. The number of nitrogens with zero attached hydrogens (tertiary/aromatic N) is 3. The highest BCUT2D eigenvalue weighted by Crippen LogP contribution is 2.32. The molecule has 0 spiro atoms. The predicted molar refractivity (Wildman–Crippen MR) is 115 cm³/mol. The highest BCUT2D eigenvalue weighted by Gasteiger charge is 2.40. The number of hydrogen-bond donors (Lipinski definition) is 0. The monoisotopic (exact) mass is 501 g/mol. The summed E-state index contributed by atoms with van der Waals surface area (Å²) in [5, 5.41) is 0. The lowest BCUT2D eigenvalue weighted by molar-refractivity contribution is -0.121. The molecule has 0 aliphatic carbocycles. The second kappa shape index (κ2) is 8.44. The molecule has 6 nitrogen and oxygen atoms in total. The molecule has 2 aromatic heterocycles. The lowest BCUT2D eigenvalue weighted by Crippen LogP contribution is -2.40. The third kappa shape index (κ3) is 4.06. The number of rotatable bonds is 4. The maximum Gasteiger partial charge on any atom is 0.266 e. The van der Waals surface area contributed by atoms with E-state index in [9.17, 15) is 22.0 Å². The molecule has 0 bridgehead atoms. The van der Waals surface area contributed by atoms with Crippen LogP contribution in [0.3, 0.4) is 0 Å². The van der Waals surface area contributed by atoms with E-state index in [-0.39, 0.29) is 32.3 Å². The number of amides is 1. The Labute approximate surface area is 189 Å². The van der Waals surface area contributed by atoms with Crippen LogP contribution in [0.25, 0.3) is 10.2 Å². The molecule has 12 heteroatoms. The van der Waals surface area contributed by atoms with Crippen molar-refractivity contribution in [2.75, 3.05) is 6.54 Å². The van der Waals surface area contributed by atoms with E-state index in [1.807, 2.05) is 0 Å². The van der Waals surface area contributed by atoms with Gasteiger partial charge in [-0.2, -0.15) is 9.30 Å². The second-order valence-electron chi connectivity index (χ2n) is 6.69. The Kier molecular flexibility index (Phi) is 6.02. The number of terminal acetylenes is 1. The fraction of sp³-hybridized carbons (Fsp3) is 0.263. The van der Waals surface area contributed by atoms with Gasteiger partial charge in [0.25, 0.3) is 15.9 Å². The van der Waals surface area contributed by atoms with Crippen LogP contribution in [0.15, 0.2) is 33.5 Å². The number of benzene rings is 1. The van der Waals surface area contributed by atoms with Gasteiger partial charge in [0.15, 0.2) is 10.6 Å². The number of sulfonamides is 1. The fourth-order valence-corrected chi connectivity index (χ4v) is 7.78. The minimum Gasteiger partial charge on any atom is -0.302 e. The molecule has 31 heavy (non-hydrogen) atoms. The maximum absolute atomic E-state index is 14.3. The molecular weight excluding hydrogens is 488 g/mol. The summed E-state index contributed by atoms with van der Waals surface area (Å²) in [7, 11) is -3.92. The number of carbonyl (C=O) groups is 1. The van der Waals surface area contributed by atoms with Gasteiger partial charge in [0, 0.05) is 12.6 Å². The zero-order valence-corrected chi connectivity index (χ0v) is 18.9. The molecule has 1 aliphatic heterocycles. The third-order valence-electron chi connectivity index (χ3n) is 4.75. The van der Waals surface area contributed by atoms with Crippen molar-refractivity contribution in [1.82, 2.24) is 8.87 Å². The van der Waals surface area contributed by atoms with Gasteiger partial charge in [0.2, 0.25) is 0 Å². The van der Waals surface area contributed by atoms with Gasteiger partial charge in [-0.25, -0.2) is 17.2 Å². The summed E-state index contributed by atoms with van der Waals surface area (Å²) >= 11 is 7.68. The Morgan fingerprint density at radius 2 is 2.10 bits per heavy atom. The van der Waals surface area contributed by atoms with E-state index in [1.165, 1.54) is 16.7 Å². The van der Waals surface area contributed by atoms with Gasteiger partial charge < -0.3 is 4.57 Å². The van der Waals surface area contributed by atoms with Crippen LogP contribution in [-0.2, 0) is 21.4 Å². The molecule has 3 heterocycles. The minimum absolute atomic E-state index is 0.0407.